The van der Waals surface area contributed by atoms with Crippen molar-refractivity contribution in [3.05, 3.63) is 40.5 Å². The molecule has 5 aliphatic rings. The predicted molar refractivity (Wildman–Crippen MR) is 122 cm³/mol. The molecule has 2 bridgehead atoms. The summed E-state index contributed by atoms with van der Waals surface area (Å²) in [6.45, 7) is 1.36. The maximum absolute atomic E-state index is 14.4. The number of nitrogens with zero attached hydrogens (tertiary/aromatic N) is 3. The number of aliphatic hydroxyl groups is 1. The predicted octanol–water partition coefficient (Wildman–Crippen LogP) is 3.95. The summed E-state index contributed by atoms with van der Waals surface area (Å²) in [6.07, 6.45) is 2.85. The van der Waals surface area contributed by atoms with Crippen LogP contribution in [-0.4, -0.2) is 49.8 Å². The monoisotopic (exact) mass is 494 g/mol. The second kappa shape index (κ2) is 7.58. The number of aromatic nitrogens is 2. The molecule has 2 saturated carbocycles. The molecule has 6 nitrogen and oxygen atoms in total. The number of nitrogens with one attached hydrogen (secondary N) is 1. The Morgan fingerprint density at radius 3 is 2.48 bits per heavy atom. The minimum Gasteiger partial charge on any atom is -0.394 e. The molecule has 1 aromatic heterocycles. The van der Waals surface area contributed by atoms with Crippen molar-refractivity contribution in [2.45, 2.75) is 53.7 Å². The summed E-state index contributed by atoms with van der Waals surface area (Å²) in [7, 11) is -2.51. The molecule has 0 amide bonds. The summed E-state index contributed by atoms with van der Waals surface area (Å²) in [6, 6.07) is 8.00. The Bertz CT molecular complexity index is 1110. The van der Waals surface area contributed by atoms with E-state index >= 15 is 0 Å². The summed E-state index contributed by atoms with van der Waals surface area (Å²) in [5, 5.41) is 10.4. The zero-order chi connectivity index (χ0) is 23.0. The Balaban J connectivity index is 1.30. The third-order valence-electron chi connectivity index (χ3n) is 7.82. The van der Waals surface area contributed by atoms with Crippen molar-refractivity contribution in [2.24, 2.45) is 11.8 Å². The van der Waals surface area contributed by atoms with Crippen LogP contribution in [0.25, 0.3) is 0 Å². The lowest BCUT2D eigenvalue weighted by Gasteiger charge is -2.54. The lowest BCUT2D eigenvalue weighted by Crippen LogP contribution is -2.54. The van der Waals surface area contributed by atoms with Crippen LogP contribution in [-0.2, 0) is 17.2 Å². The Hall–Kier alpha value is -1.84. The van der Waals surface area contributed by atoms with Gasteiger partial charge in [-0.3, -0.25) is 0 Å². The number of halogens is 3. The SMILES string of the molecule is O=[S@@]1c2c(nc(N3CC4CC(C3)C4c3ccc(Cl)cc3)nc2NC2(CO)CCC2)CC1(F)F. The zero-order valence-corrected chi connectivity index (χ0v) is 19.5. The largest absolute Gasteiger partial charge is 0.394 e. The lowest BCUT2D eigenvalue weighted by molar-refractivity contribution is 0.103. The van der Waals surface area contributed by atoms with Crippen molar-refractivity contribution in [3.63, 3.8) is 0 Å². The number of hydrogen-bond donors (Lipinski definition) is 2. The average molecular weight is 495 g/mol. The van der Waals surface area contributed by atoms with Gasteiger partial charge in [-0.15, -0.1) is 0 Å². The molecule has 0 radical (unpaired) electrons. The fourth-order valence-electron chi connectivity index (χ4n) is 5.89. The molecule has 2 saturated heterocycles. The molecule has 4 fully saturated rings. The second-order valence-electron chi connectivity index (χ2n) is 9.89. The molecular formula is C23H25ClF2N4O2S. The van der Waals surface area contributed by atoms with E-state index in [1.54, 1.807) is 0 Å². The van der Waals surface area contributed by atoms with Crippen LogP contribution in [0.15, 0.2) is 29.2 Å². The van der Waals surface area contributed by atoms with Crippen molar-refractivity contribution in [2.75, 3.05) is 29.9 Å². The topological polar surface area (TPSA) is 78.4 Å². The summed E-state index contributed by atoms with van der Waals surface area (Å²) >= 11 is 6.04. The molecule has 3 aliphatic heterocycles. The highest BCUT2D eigenvalue weighted by Gasteiger charge is 2.51. The summed E-state index contributed by atoms with van der Waals surface area (Å²) in [5.41, 5.74) is 0.833. The third-order valence-corrected chi connectivity index (χ3v) is 9.56. The van der Waals surface area contributed by atoms with Gasteiger partial charge in [-0.1, -0.05) is 23.7 Å². The molecule has 1 aromatic carbocycles. The molecule has 176 valence electrons. The van der Waals surface area contributed by atoms with Gasteiger partial charge in [0.2, 0.25) is 5.95 Å². The normalized spacial score (nSPS) is 30.8. The van der Waals surface area contributed by atoms with Gasteiger partial charge in [-0.05, 0) is 61.1 Å². The highest BCUT2D eigenvalue weighted by molar-refractivity contribution is 7.86. The number of anilines is 2. The van der Waals surface area contributed by atoms with Crippen molar-refractivity contribution in [3.8, 4) is 0 Å². The summed E-state index contributed by atoms with van der Waals surface area (Å²) < 4.78 is 41.3. The third kappa shape index (κ3) is 3.46. The number of alkyl halides is 2. The molecule has 2 unspecified atom stereocenters. The van der Waals surface area contributed by atoms with Crippen LogP contribution in [0.4, 0.5) is 20.5 Å². The van der Waals surface area contributed by atoms with Crippen molar-refractivity contribution >= 4 is 34.2 Å². The Morgan fingerprint density at radius 2 is 1.88 bits per heavy atom. The molecular weight excluding hydrogens is 470 g/mol. The molecule has 2 aliphatic carbocycles. The van der Waals surface area contributed by atoms with E-state index in [1.807, 2.05) is 12.1 Å². The van der Waals surface area contributed by atoms with Crippen molar-refractivity contribution < 1.29 is 18.1 Å². The van der Waals surface area contributed by atoms with Gasteiger partial charge < -0.3 is 15.3 Å². The first-order chi connectivity index (χ1) is 15.8. The van der Waals surface area contributed by atoms with E-state index in [4.69, 9.17) is 11.6 Å². The highest BCUT2D eigenvalue weighted by atomic mass is 35.5. The van der Waals surface area contributed by atoms with Crippen LogP contribution in [0.1, 0.15) is 42.9 Å². The maximum Gasteiger partial charge on any atom is 0.331 e. The molecule has 7 rings (SSSR count). The molecule has 33 heavy (non-hydrogen) atoms. The van der Waals surface area contributed by atoms with E-state index in [1.165, 1.54) is 5.56 Å². The van der Waals surface area contributed by atoms with E-state index in [0.717, 1.165) is 43.8 Å². The van der Waals surface area contributed by atoms with E-state index in [9.17, 15) is 18.1 Å². The smallest absolute Gasteiger partial charge is 0.331 e. The lowest BCUT2D eigenvalue weighted by atomic mass is 9.59. The zero-order valence-electron chi connectivity index (χ0n) is 17.9. The first-order valence-corrected chi connectivity index (χ1v) is 12.9. The van der Waals surface area contributed by atoms with Gasteiger partial charge in [-0.2, -0.15) is 13.8 Å². The van der Waals surface area contributed by atoms with Gasteiger partial charge in [0.1, 0.15) is 21.5 Å². The first kappa shape index (κ1) is 21.7. The Kier molecular flexibility index (Phi) is 4.98. The number of rotatable bonds is 5. The molecule has 4 heterocycles. The van der Waals surface area contributed by atoms with E-state index in [0.29, 0.717) is 23.7 Å². The van der Waals surface area contributed by atoms with Crippen molar-refractivity contribution in [1.82, 2.24) is 9.97 Å². The standard InChI is InChI=1S/C23H25ClF2N4O2S/c24-16-4-2-13(3-5-16)18-14-8-15(18)11-30(10-14)21-27-17-9-23(25,26)33(32)19(17)20(28-21)29-22(12-31)6-1-7-22/h2-5,14-15,18,31H,1,6-12H2,(H,27,28,29)/t14?,15?,18?,33-/m1/s1. The molecule has 3 atom stereocenters. The second-order valence-corrected chi connectivity index (χ2v) is 11.9. The van der Waals surface area contributed by atoms with Gasteiger partial charge in [0.25, 0.3) is 0 Å². The van der Waals surface area contributed by atoms with Gasteiger partial charge >= 0.3 is 5.25 Å². The minimum absolute atomic E-state index is 0.00955. The molecule has 2 aromatic rings. The number of fused-ring (bicyclic) bond motifs is 3. The van der Waals surface area contributed by atoms with Crippen LogP contribution in [0.5, 0.6) is 0 Å². The van der Waals surface area contributed by atoms with Crippen LogP contribution in [0.3, 0.4) is 0 Å². The van der Waals surface area contributed by atoms with Crippen molar-refractivity contribution in [1.29, 1.82) is 0 Å². The van der Waals surface area contributed by atoms with E-state index < -0.39 is 28.0 Å². The van der Waals surface area contributed by atoms with Gasteiger partial charge in [0, 0.05) is 18.1 Å². The van der Waals surface area contributed by atoms with Gasteiger partial charge in [-0.25, -0.2) is 9.19 Å². The van der Waals surface area contributed by atoms with Crippen LogP contribution < -0.4 is 10.2 Å². The number of aliphatic hydroxyl groups excluding tert-OH is 1. The first-order valence-electron chi connectivity index (χ1n) is 11.4. The number of hydrogen-bond acceptors (Lipinski definition) is 6. The van der Waals surface area contributed by atoms with Gasteiger partial charge in [0.15, 0.2) is 0 Å². The molecule has 0 spiro atoms. The maximum atomic E-state index is 14.4. The van der Waals surface area contributed by atoms with Crippen LogP contribution >= 0.6 is 11.6 Å². The van der Waals surface area contributed by atoms with E-state index in [-0.39, 0.29) is 23.0 Å². The number of benzene rings is 1. The fraction of sp³-hybridized carbons (Fsp3) is 0.565. The number of piperidine rings is 2. The Morgan fingerprint density at radius 1 is 1.18 bits per heavy atom. The summed E-state index contributed by atoms with van der Waals surface area (Å²) in [5.74, 6) is 1.92. The van der Waals surface area contributed by atoms with Crippen LogP contribution in [0, 0.1) is 11.8 Å². The van der Waals surface area contributed by atoms with E-state index in [2.05, 4.69) is 32.3 Å². The highest BCUT2D eigenvalue weighted by Crippen LogP contribution is 2.52. The fourth-order valence-corrected chi connectivity index (χ4v) is 7.19. The molecule has 2 N–H and O–H groups in total. The van der Waals surface area contributed by atoms with Gasteiger partial charge in [0.05, 0.1) is 24.3 Å². The summed E-state index contributed by atoms with van der Waals surface area (Å²) in [4.78, 5) is 11.1. The average Bonchev–Trinajstić information content (AvgIpc) is 3.00. The quantitative estimate of drug-likeness (QED) is 0.655. The minimum atomic E-state index is -3.36. The molecule has 10 heteroatoms. The Labute approximate surface area is 198 Å². The van der Waals surface area contributed by atoms with Crippen LogP contribution in [0.2, 0.25) is 5.02 Å².